The maximum Gasteiger partial charge on any atom is 0.236 e. The summed E-state index contributed by atoms with van der Waals surface area (Å²) >= 11 is 0. The van der Waals surface area contributed by atoms with Gasteiger partial charge in [-0.15, -0.1) is 0 Å². The molecule has 0 fully saturated rings. The zero-order chi connectivity index (χ0) is 14.5. The molecule has 0 heterocycles. The van der Waals surface area contributed by atoms with Crippen molar-refractivity contribution in [1.29, 1.82) is 0 Å². The van der Waals surface area contributed by atoms with Crippen LogP contribution in [-0.4, -0.2) is 36.1 Å². The van der Waals surface area contributed by atoms with Crippen LogP contribution in [0.4, 0.5) is 0 Å². The molecule has 0 aliphatic rings. The molecule has 0 saturated heterocycles. The molecule has 2 aromatic rings. The highest BCUT2D eigenvalue weighted by molar-refractivity contribution is 5.87. The predicted octanol–water partition coefficient (Wildman–Crippen LogP) is 2.11. The summed E-state index contributed by atoms with van der Waals surface area (Å²) in [6, 6.07) is 11.5. The topological polar surface area (TPSA) is 52.6 Å². The minimum Gasteiger partial charge on any atom is -0.508 e. The molecule has 0 saturated carbocycles. The summed E-state index contributed by atoms with van der Waals surface area (Å²) in [5, 5.41) is 15.2. The van der Waals surface area contributed by atoms with Crippen molar-refractivity contribution < 1.29 is 9.90 Å². The van der Waals surface area contributed by atoms with Crippen LogP contribution < -0.4 is 5.32 Å². The number of hydrogen-bond acceptors (Lipinski definition) is 3. The van der Waals surface area contributed by atoms with Crippen molar-refractivity contribution in [3.05, 3.63) is 42.0 Å². The number of hydrogen-bond donors (Lipinski definition) is 2. The van der Waals surface area contributed by atoms with Gasteiger partial charge in [-0.1, -0.05) is 30.3 Å². The van der Waals surface area contributed by atoms with Gasteiger partial charge >= 0.3 is 0 Å². The lowest BCUT2D eigenvalue weighted by Crippen LogP contribution is -2.35. The fourth-order valence-corrected chi connectivity index (χ4v) is 2.12. The van der Waals surface area contributed by atoms with E-state index in [0.717, 1.165) is 16.3 Å². The largest absolute Gasteiger partial charge is 0.508 e. The molecule has 0 aromatic heterocycles. The molecule has 0 radical (unpaired) electrons. The fourth-order valence-electron chi connectivity index (χ4n) is 2.12. The number of nitrogens with zero attached hydrogens (tertiary/aromatic N) is 1. The summed E-state index contributed by atoms with van der Waals surface area (Å²) in [7, 11) is 1.78. The Balaban J connectivity index is 2.10. The molecule has 1 amide bonds. The minimum absolute atomic E-state index is 0.0484. The van der Waals surface area contributed by atoms with Crippen molar-refractivity contribution in [3.8, 4) is 5.75 Å². The lowest BCUT2D eigenvalue weighted by atomic mass is 10.0. The Bertz CT molecular complexity index is 610. The number of rotatable bonds is 5. The third kappa shape index (κ3) is 3.08. The molecular formula is C16H20N2O2. The number of aromatic hydroxyl groups is 1. The van der Waals surface area contributed by atoms with Crippen molar-refractivity contribution >= 4 is 16.7 Å². The van der Waals surface area contributed by atoms with E-state index in [1.54, 1.807) is 18.0 Å². The van der Waals surface area contributed by atoms with Gasteiger partial charge in [-0.05, 0) is 23.8 Å². The normalized spacial score (nSPS) is 10.7. The first-order chi connectivity index (χ1) is 9.63. The number of amides is 1. The number of nitrogens with one attached hydrogen (secondary N) is 1. The van der Waals surface area contributed by atoms with Crippen molar-refractivity contribution in [2.75, 3.05) is 20.1 Å². The molecule has 4 nitrogen and oxygen atoms in total. The summed E-state index contributed by atoms with van der Waals surface area (Å²) in [6.45, 7) is 3.37. The molecule has 2 rings (SSSR count). The number of carbonyl (C=O) groups is 1. The fraction of sp³-hybridized carbons (Fsp3) is 0.312. The Kier molecular flexibility index (Phi) is 4.58. The summed E-state index contributed by atoms with van der Waals surface area (Å²) < 4.78 is 0. The zero-order valence-electron chi connectivity index (χ0n) is 11.9. The number of phenolic OH excluding ortho intramolecular Hbond substituents is 1. The molecule has 0 aliphatic heterocycles. The maximum absolute atomic E-state index is 11.7. The maximum atomic E-state index is 11.7. The Morgan fingerprint density at radius 1 is 1.25 bits per heavy atom. The summed E-state index contributed by atoms with van der Waals surface area (Å²) in [6.07, 6.45) is 0. The van der Waals surface area contributed by atoms with E-state index in [1.807, 2.05) is 37.3 Å². The number of benzene rings is 2. The van der Waals surface area contributed by atoms with Crippen LogP contribution in [0.1, 0.15) is 12.5 Å². The molecule has 2 N–H and O–H groups in total. The van der Waals surface area contributed by atoms with Gasteiger partial charge in [0, 0.05) is 25.7 Å². The van der Waals surface area contributed by atoms with Crippen LogP contribution in [0.15, 0.2) is 36.4 Å². The predicted molar refractivity (Wildman–Crippen MR) is 80.6 cm³/mol. The van der Waals surface area contributed by atoms with Gasteiger partial charge in [0.05, 0.1) is 6.54 Å². The van der Waals surface area contributed by atoms with Crippen molar-refractivity contribution in [1.82, 2.24) is 10.2 Å². The van der Waals surface area contributed by atoms with Crippen molar-refractivity contribution in [2.24, 2.45) is 0 Å². The van der Waals surface area contributed by atoms with Crippen LogP contribution in [0.5, 0.6) is 5.75 Å². The zero-order valence-corrected chi connectivity index (χ0v) is 11.9. The summed E-state index contributed by atoms with van der Waals surface area (Å²) in [4.78, 5) is 13.4. The molecular weight excluding hydrogens is 252 g/mol. The van der Waals surface area contributed by atoms with Gasteiger partial charge in [0.15, 0.2) is 0 Å². The monoisotopic (exact) mass is 272 g/mol. The average molecular weight is 272 g/mol. The molecule has 106 valence electrons. The van der Waals surface area contributed by atoms with Gasteiger partial charge in [-0.2, -0.15) is 0 Å². The van der Waals surface area contributed by atoms with Gasteiger partial charge < -0.3 is 15.3 Å². The smallest absolute Gasteiger partial charge is 0.236 e. The van der Waals surface area contributed by atoms with Gasteiger partial charge in [-0.3, -0.25) is 4.79 Å². The van der Waals surface area contributed by atoms with E-state index >= 15 is 0 Å². The first-order valence-corrected chi connectivity index (χ1v) is 6.77. The van der Waals surface area contributed by atoms with E-state index in [1.165, 1.54) is 0 Å². The lowest BCUT2D eigenvalue weighted by molar-refractivity contribution is -0.128. The van der Waals surface area contributed by atoms with Crippen LogP contribution >= 0.6 is 0 Å². The van der Waals surface area contributed by atoms with E-state index in [0.29, 0.717) is 13.1 Å². The Morgan fingerprint density at radius 3 is 2.75 bits per heavy atom. The van der Waals surface area contributed by atoms with E-state index in [4.69, 9.17) is 0 Å². The van der Waals surface area contributed by atoms with Crippen molar-refractivity contribution in [3.63, 3.8) is 0 Å². The van der Waals surface area contributed by atoms with E-state index in [-0.39, 0.29) is 18.2 Å². The van der Waals surface area contributed by atoms with E-state index in [9.17, 15) is 9.90 Å². The minimum atomic E-state index is 0.0484. The van der Waals surface area contributed by atoms with Gasteiger partial charge in [0.2, 0.25) is 5.91 Å². The summed E-state index contributed by atoms with van der Waals surface area (Å²) in [5.41, 5.74) is 0.829. The van der Waals surface area contributed by atoms with Crippen LogP contribution in [0, 0.1) is 0 Å². The molecule has 0 aliphatic carbocycles. The first-order valence-electron chi connectivity index (χ1n) is 6.77. The molecule has 4 heteroatoms. The number of carbonyl (C=O) groups excluding carboxylic acids is 1. The number of fused-ring (bicyclic) bond motifs is 1. The number of likely N-dealkylation sites (N-methyl/N-ethyl adjacent to an activating group) is 1. The Morgan fingerprint density at radius 2 is 2.00 bits per heavy atom. The van der Waals surface area contributed by atoms with E-state index in [2.05, 4.69) is 5.32 Å². The van der Waals surface area contributed by atoms with Crippen LogP contribution in [0.25, 0.3) is 10.8 Å². The highest BCUT2D eigenvalue weighted by Gasteiger charge is 2.09. The summed E-state index contributed by atoms with van der Waals surface area (Å²) in [5.74, 6) is 0.305. The third-order valence-corrected chi connectivity index (χ3v) is 3.49. The molecule has 20 heavy (non-hydrogen) atoms. The molecule has 0 atom stereocenters. The second kappa shape index (κ2) is 6.39. The third-order valence-electron chi connectivity index (χ3n) is 3.49. The second-order valence-corrected chi connectivity index (χ2v) is 4.80. The second-order valence-electron chi connectivity index (χ2n) is 4.80. The first kappa shape index (κ1) is 14.3. The molecule has 0 unspecified atom stereocenters. The molecule has 0 spiro atoms. The Labute approximate surface area is 119 Å². The van der Waals surface area contributed by atoms with Crippen molar-refractivity contribution in [2.45, 2.75) is 13.5 Å². The average Bonchev–Trinajstić information content (AvgIpc) is 2.48. The van der Waals surface area contributed by atoms with Crippen LogP contribution in [-0.2, 0) is 11.3 Å². The Hall–Kier alpha value is -2.07. The van der Waals surface area contributed by atoms with Crippen LogP contribution in [0.3, 0.4) is 0 Å². The standard InChI is InChI=1S/C16H20N2O2/c1-3-18(2)16(20)11-17-10-14-13-7-5-4-6-12(13)8-9-15(14)19/h4-9,17,19H,3,10-11H2,1-2H3. The van der Waals surface area contributed by atoms with E-state index < -0.39 is 0 Å². The SMILES string of the molecule is CCN(C)C(=O)CNCc1c(O)ccc2ccccc12. The van der Waals surface area contributed by atoms with Crippen LogP contribution in [0.2, 0.25) is 0 Å². The highest BCUT2D eigenvalue weighted by atomic mass is 16.3. The van der Waals surface area contributed by atoms with Gasteiger partial charge in [0.1, 0.15) is 5.75 Å². The molecule has 0 bridgehead atoms. The lowest BCUT2D eigenvalue weighted by Gasteiger charge is -2.15. The molecule has 2 aromatic carbocycles. The van der Waals surface area contributed by atoms with Gasteiger partial charge in [0.25, 0.3) is 0 Å². The van der Waals surface area contributed by atoms with Gasteiger partial charge in [-0.25, -0.2) is 0 Å². The number of phenols is 1. The highest BCUT2D eigenvalue weighted by Crippen LogP contribution is 2.26. The quantitative estimate of drug-likeness (QED) is 0.876.